The van der Waals surface area contributed by atoms with Crippen molar-refractivity contribution < 1.29 is 19.3 Å². The van der Waals surface area contributed by atoms with E-state index in [9.17, 15) is 5.11 Å². The number of hydrogen-bond donors (Lipinski definition) is 1. The minimum Gasteiger partial charge on any atom is -0.493 e. The molecule has 0 unspecified atom stereocenters. The smallest absolute Gasteiger partial charge is 0.203 e. The Hall–Kier alpha value is -1.46. The number of aliphatic hydroxyl groups is 1. The van der Waals surface area contributed by atoms with E-state index in [-0.39, 0.29) is 6.61 Å². The summed E-state index contributed by atoms with van der Waals surface area (Å²) in [7, 11) is 5.27. The van der Waals surface area contributed by atoms with Gasteiger partial charge in [0.15, 0.2) is 11.5 Å². The zero-order valence-electron chi connectivity index (χ0n) is 14.5. The standard InChI is InChI=1S/C18H29NO4/c1-19(14-8-5-4-6-9-14)12-15(20)13-23-18-16(21-2)10-7-11-17(18)22-3/h7,10-11,14-15,20H,4-6,8-9,12-13H2,1-3H3/t15-/m0/s1. The molecule has 23 heavy (non-hydrogen) atoms. The van der Waals surface area contributed by atoms with Gasteiger partial charge >= 0.3 is 0 Å². The van der Waals surface area contributed by atoms with Crippen LogP contribution in [0.25, 0.3) is 0 Å². The van der Waals surface area contributed by atoms with E-state index in [0.717, 1.165) is 0 Å². The van der Waals surface area contributed by atoms with Crippen molar-refractivity contribution in [3.8, 4) is 17.2 Å². The molecule has 1 aromatic rings. The summed E-state index contributed by atoms with van der Waals surface area (Å²) in [5.41, 5.74) is 0. The number of rotatable bonds is 8. The van der Waals surface area contributed by atoms with Crippen molar-refractivity contribution in [3.63, 3.8) is 0 Å². The van der Waals surface area contributed by atoms with Crippen LogP contribution in [-0.2, 0) is 0 Å². The van der Waals surface area contributed by atoms with Gasteiger partial charge in [0.1, 0.15) is 12.7 Å². The van der Waals surface area contributed by atoms with E-state index >= 15 is 0 Å². The molecule has 5 heteroatoms. The molecule has 1 saturated carbocycles. The molecule has 1 aromatic carbocycles. The molecule has 130 valence electrons. The molecule has 2 rings (SSSR count). The third-order valence-corrected chi connectivity index (χ3v) is 4.50. The van der Waals surface area contributed by atoms with Gasteiger partial charge in [0.25, 0.3) is 0 Å². The van der Waals surface area contributed by atoms with Gasteiger partial charge in [-0.25, -0.2) is 0 Å². The molecule has 1 fully saturated rings. The number of hydrogen-bond acceptors (Lipinski definition) is 5. The van der Waals surface area contributed by atoms with Crippen LogP contribution in [0.3, 0.4) is 0 Å². The normalized spacial score (nSPS) is 17.1. The molecule has 1 atom stereocenters. The first-order chi connectivity index (χ1) is 11.2. The van der Waals surface area contributed by atoms with E-state index < -0.39 is 6.10 Å². The third-order valence-electron chi connectivity index (χ3n) is 4.50. The van der Waals surface area contributed by atoms with Crippen LogP contribution in [0.2, 0.25) is 0 Å². The fourth-order valence-electron chi connectivity index (χ4n) is 3.19. The lowest BCUT2D eigenvalue weighted by Gasteiger charge is -2.32. The van der Waals surface area contributed by atoms with E-state index in [4.69, 9.17) is 14.2 Å². The Labute approximate surface area is 139 Å². The zero-order chi connectivity index (χ0) is 16.7. The lowest BCUT2D eigenvalue weighted by Crippen LogP contribution is -2.40. The van der Waals surface area contributed by atoms with Gasteiger partial charge in [0, 0.05) is 12.6 Å². The van der Waals surface area contributed by atoms with Crippen molar-refractivity contribution in [1.82, 2.24) is 4.90 Å². The van der Waals surface area contributed by atoms with Gasteiger partial charge in [-0.05, 0) is 32.0 Å². The van der Waals surface area contributed by atoms with Gasteiger partial charge in [0.05, 0.1) is 14.2 Å². The van der Waals surface area contributed by atoms with Crippen LogP contribution in [0.4, 0.5) is 0 Å². The molecule has 1 N–H and O–H groups in total. The van der Waals surface area contributed by atoms with Gasteiger partial charge < -0.3 is 24.2 Å². The average Bonchev–Trinajstić information content (AvgIpc) is 2.60. The Kier molecular flexibility index (Phi) is 6.99. The lowest BCUT2D eigenvalue weighted by atomic mass is 9.94. The molecule has 0 heterocycles. The Bertz CT molecular complexity index is 452. The molecular formula is C18H29NO4. The number of ether oxygens (including phenoxy) is 3. The summed E-state index contributed by atoms with van der Waals surface area (Å²) in [5.74, 6) is 1.76. The monoisotopic (exact) mass is 323 g/mol. The molecule has 0 radical (unpaired) electrons. The van der Waals surface area contributed by atoms with Crippen molar-refractivity contribution in [2.45, 2.75) is 44.2 Å². The van der Waals surface area contributed by atoms with Crippen LogP contribution >= 0.6 is 0 Å². The second-order valence-electron chi connectivity index (χ2n) is 6.19. The molecule has 0 bridgehead atoms. The van der Waals surface area contributed by atoms with Crippen LogP contribution in [0, 0.1) is 0 Å². The van der Waals surface area contributed by atoms with Gasteiger partial charge in [-0.3, -0.25) is 0 Å². The molecular weight excluding hydrogens is 294 g/mol. The Balaban J connectivity index is 1.87. The largest absolute Gasteiger partial charge is 0.493 e. The first kappa shape index (κ1) is 17.9. The Morgan fingerprint density at radius 3 is 2.30 bits per heavy atom. The summed E-state index contributed by atoms with van der Waals surface area (Å²) in [6.45, 7) is 0.829. The summed E-state index contributed by atoms with van der Waals surface area (Å²) in [4.78, 5) is 2.26. The number of para-hydroxylation sites is 1. The van der Waals surface area contributed by atoms with E-state index in [0.29, 0.717) is 29.8 Å². The maximum absolute atomic E-state index is 10.3. The second kappa shape index (κ2) is 8.99. The molecule has 1 aliphatic carbocycles. The molecule has 0 amide bonds. The average molecular weight is 323 g/mol. The highest BCUT2D eigenvalue weighted by atomic mass is 16.5. The van der Waals surface area contributed by atoms with E-state index in [1.165, 1.54) is 32.1 Å². The van der Waals surface area contributed by atoms with Gasteiger partial charge in [0.2, 0.25) is 5.75 Å². The van der Waals surface area contributed by atoms with Crippen molar-refractivity contribution in [1.29, 1.82) is 0 Å². The van der Waals surface area contributed by atoms with Crippen LogP contribution in [-0.4, -0.2) is 56.6 Å². The Morgan fingerprint density at radius 1 is 1.13 bits per heavy atom. The number of benzene rings is 1. The minimum atomic E-state index is -0.545. The topological polar surface area (TPSA) is 51.2 Å². The molecule has 0 aliphatic heterocycles. The van der Waals surface area contributed by atoms with Crippen LogP contribution in [0.5, 0.6) is 17.2 Å². The number of methoxy groups -OCH3 is 2. The summed E-state index contributed by atoms with van der Waals surface area (Å²) < 4.78 is 16.4. The predicted molar refractivity (Wildman–Crippen MR) is 90.6 cm³/mol. The molecule has 5 nitrogen and oxygen atoms in total. The number of likely N-dealkylation sites (N-methyl/N-ethyl adjacent to an activating group) is 1. The van der Waals surface area contributed by atoms with Gasteiger partial charge in [-0.1, -0.05) is 25.3 Å². The predicted octanol–water partition coefficient (Wildman–Crippen LogP) is 2.71. The highest BCUT2D eigenvalue weighted by Gasteiger charge is 2.21. The molecule has 0 spiro atoms. The zero-order valence-corrected chi connectivity index (χ0v) is 14.5. The number of aliphatic hydroxyl groups excluding tert-OH is 1. The third kappa shape index (κ3) is 5.01. The van der Waals surface area contributed by atoms with Crippen LogP contribution in [0.15, 0.2) is 18.2 Å². The summed E-state index contributed by atoms with van der Waals surface area (Å²) >= 11 is 0. The first-order valence-electron chi connectivity index (χ1n) is 8.37. The van der Waals surface area contributed by atoms with E-state index in [2.05, 4.69) is 11.9 Å². The second-order valence-corrected chi connectivity index (χ2v) is 6.19. The number of nitrogens with zero attached hydrogens (tertiary/aromatic N) is 1. The molecule has 0 saturated heterocycles. The highest BCUT2D eigenvalue weighted by molar-refractivity contribution is 5.51. The van der Waals surface area contributed by atoms with E-state index in [1.807, 2.05) is 18.2 Å². The van der Waals surface area contributed by atoms with Crippen molar-refractivity contribution >= 4 is 0 Å². The quantitative estimate of drug-likeness (QED) is 0.797. The van der Waals surface area contributed by atoms with Crippen LogP contribution < -0.4 is 14.2 Å². The Morgan fingerprint density at radius 2 is 1.74 bits per heavy atom. The molecule has 0 aromatic heterocycles. The maximum atomic E-state index is 10.3. The lowest BCUT2D eigenvalue weighted by molar-refractivity contribution is 0.0545. The fourth-order valence-corrected chi connectivity index (χ4v) is 3.19. The summed E-state index contributed by atoms with van der Waals surface area (Å²) in [6, 6.07) is 6.06. The van der Waals surface area contributed by atoms with Gasteiger partial charge in [-0.15, -0.1) is 0 Å². The van der Waals surface area contributed by atoms with Gasteiger partial charge in [-0.2, -0.15) is 0 Å². The van der Waals surface area contributed by atoms with Crippen molar-refractivity contribution in [3.05, 3.63) is 18.2 Å². The first-order valence-corrected chi connectivity index (χ1v) is 8.37. The highest BCUT2D eigenvalue weighted by Crippen LogP contribution is 2.36. The summed E-state index contributed by atoms with van der Waals surface area (Å²) in [5, 5.41) is 10.3. The van der Waals surface area contributed by atoms with Crippen molar-refractivity contribution in [2.24, 2.45) is 0 Å². The van der Waals surface area contributed by atoms with Crippen LogP contribution in [0.1, 0.15) is 32.1 Å². The summed E-state index contributed by atoms with van der Waals surface area (Å²) in [6.07, 6.45) is 5.83. The maximum Gasteiger partial charge on any atom is 0.203 e. The minimum absolute atomic E-state index is 0.216. The van der Waals surface area contributed by atoms with E-state index in [1.54, 1.807) is 14.2 Å². The molecule has 1 aliphatic rings. The fraction of sp³-hybridized carbons (Fsp3) is 0.667. The SMILES string of the molecule is COc1cccc(OC)c1OC[C@@H](O)CN(C)C1CCCCC1. The van der Waals surface area contributed by atoms with Crippen molar-refractivity contribution in [2.75, 3.05) is 34.4 Å².